The monoisotopic (exact) mass is 245 g/mol. The van der Waals surface area contributed by atoms with Gasteiger partial charge in [-0.2, -0.15) is 5.10 Å². The van der Waals surface area contributed by atoms with Crippen LogP contribution in [-0.4, -0.2) is 39.4 Å². The van der Waals surface area contributed by atoms with Crippen molar-refractivity contribution < 1.29 is 4.74 Å². The van der Waals surface area contributed by atoms with Gasteiger partial charge in [0.2, 0.25) is 0 Å². The number of nitrogens with one attached hydrogen (secondary N) is 1. The molecule has 0 bridgehead atoms. The molecule has 0 spiro atoms. The van der Waals surface area contributed by atoms with Crippen LogP contribution in [0.3, 0.4) is 0 Å². The highest BCUT2D eigenvalue weighted by Crippen LogP contribution is 2.39. The molecule has 4 unspecified atom stereocenters. The Kier molecular flexibility index (Phi) is 2.09. The maximum Gasteiger partial charge on any atom is 0.152 e. The van der Waals surface area contributed by atoms with Gasteiger partial charge >= 0.3 is 0 Å². The molecule has 0 radical (unpaired) electrons. The van der Waals surface area contributed by atoms with E-state index in [0.717, 1.165) is 24.4 Å². The number of anilines is 1. The van der Waals surface area contributed by atoms with Crippen LogP contribution in [0.1, 0.15) is 6.42 Å². The van der Waals surface area contributed by atoms with Crippen molar-refractivity contribution in [1.82, 2.24) is 14.6 Å². The number of nitrogens with zero attached hydrogens (tertiary/aromatic N) is 3. The van der Waals surface area contributed by atoms with Gasteiger partial charge in [0.25, 0.3) is 0 Å². The van der Waals surface area contributed by atoms with Gasteiger partial charge in [-0.1, -0.05) is 0 Å². The molecule has 2 fully saturated rings. The third-order valence-electron chi connectivity index (χ3n) is 4.07. The number of hydrogen-bond donors (Lipinski definition) is 2. The molecule has 1 aliphatic carbocycles. The summed E-state index contributed by atoms with van der Waals surface area (Å²) >= 11 is 0. The Labute approximate surface area is 104 Å². The highest BCUT2D eigenvalue weighted by molar-refractivity contribution is 5.67. The molecule has 0 amide bonds. The number of fused-ring (bicyclic) bond motifs is 2. The van der Waals surface area contributed by atoms with Crippen molar-refractivity contribution in [2.75, 3.05) is 11.9 Å². The number of aromatic nitrogens is 3. The number of nitrogens with two attached hydrogens (primary N) is 1. The standard InChI is InChI=1S/C12H15N5O/c13-9-7-2-6-18-11(7)10(9)16-12-8-1-3-15-17(8)5-4-14-12/h1,3-5,7,9-11H,2,6,13H2,(H,14,16). The molecule has 6 heteroatoms. The van der Waals surface area contributed by atoms with Crippen molar-refractivity contribution in [2.45, 2.75) is 24.6 Å². The molecule has 3 N–H and O–H groups in total. The summed E-state index contributed by atoms with van der Waals surface area (Å²) in [4.78, 5) is 4.37. The molecular weight excluding hydrogens is 230 g/mol. The normalized spacial score (nSPS) is 34.3. The van der Waals surface area contributed by atoms with Gasteiger partial charge in [0.15, 0.2) is 5.82 Å². The van der Waals surface area contributed by atoms with E-state index in [0.29, 0.717) is 5.92 Å². The predicted octanol–water partition coefficient (Wildman–Crippen LogP) is 0.256. The Hall–Kier alpha value is -1.66. The fourth-order valence-electron chi connectivity index (χ4n) is 3.05. The largest absolute Gasteiger partial charge is 0.376 e. The molecule has 6 nitrogen and oxygen atoms in total. The Morgan fingerprint density at radius 1 is 1.44 bits per heavy atom. The molecule has 1 saturated heterocycles. The van der Waals surface area contributed by atoms with Crippen molar-refractivity contribution >= 4 is 11.3 Å². The van der Waals surface area contributed by atoms with Crippen molar-refractivity contribution in [3.05, 3.63) is 24.7 Å². The van der Waals surface area contributed by atoms with Gasteiger partial charge in [0.1, 0.15) is 5.52 Å². The van der Waals surface area contributed by atoms with Crippen molar-refractivity contribution in [3.63, 3.8) is 0 Å². The summed E-state index contributed by atoms with van der Waals surface area (Å²) < 4.78 is 7.51. The van der Waals surface area contributed by atoms with Crippen LogP contribution in [0.2, 0.25) is 0 Å². The third-order valence-corrected chi connectivity index (χ3v) is 4.07. The molecule has 0 aromatic carbocycles. The molecule has 18 heavy (non-hydrogen) atoms. The van der Waals surface area contributed by atoms with Crippen LogP contribution >= 0.6 is 0 Å². The zero-order valence-electron chi connectivity index (χ0n) is 9.86. The molecule has 1 aliphatic heterocycles. The second-order valence-corrected chi connectivity index (χ2v) is 4.97. The zero-order chi connectivity index (χ0) is 12.1. The van der Waals surface area contributed by atoms with Crippen LogP contribution in [0, 0.1) is 5.92 Å². The number of ether oxygens (including phenoxy) is 1. The maximum absolute atomic E-state index is 6.18. The first-order chi connectivity index (χ1) is 8.84. The van der Waals surface area contributed by atoms with Gasteiger partial charge in [0.05, 0.1) is 18.3 Å². The van der Waals surface area contributed by atoms with Crippen molar-refractivity contribution in [1.29, 1.82) is 0 Å². The van der Waals surface area contributed by atoms with Crippen LogP contribution in [0.15, 0.2) is 24.7 Å². The molecule has 2 aliphatic rings. The molecule has 1 saturated carbocycles. The van der Waals surface area contributed by atoms with E-state index in [9.17, 15) is 0 Å². The summed E-state index contributed by atoms with van der Waals surface area (Å²) in [6.07, 6.45) is 6.65. The number of rotatable bonds is 2. The fraction of sp³-hybridized carbons (Fsp3) is 0.500. The maximum atomic E-state index is 6.18. The van der Waals surface area contributed by atoms with Crippen LogP contribution in [0.25, 0.3) is 5.52 Å². The first kappa shape index (κ1) is 10.3. The van der Waals surface area contributed by atoms with Gasteiger partial charge < -0.3 is 15.8 Å². The lowest BCUT2D eigenvalue weighted by Crippen LogP contribution is -2.65. The minimum atomic E-state index is 0.155. The van der Waals surface area contributed by atoms with Crippen LogP contribution in [0.5, 0.6) is 0 Å². The lowest BCUT2D eigenvalue weighted by Gasteiger charge is -2.45. The quantitative estimate of drug-likeness (QED) is 0.793. The van der Waals surface area contributed by atoms with E-state index in [1.165, 1.54) is 0 Å². The lowest BCUT2D eigenvalue weighted by atomic mass is 9.72. The molecule has 2 aromatic rings. The SMILES string of the molecule is NC1C2CCOC2C1Nc1nccn2nccc12. The van der Waals surface area contributed by atoms with Gasteiger partial charge in [-0.25, -0.2) is 9.50 Å². The molecular formula is C12H15N5O. The van der Waals surface area contributed by atoms with E-state index in [1.807, 2.05) is 12.3 Å². The smallest absolute Gasteiger partial charge is 0.152 e. The zero-order valence-corrected chi connectivity index (χ0v) is 9.86. The summed E-state index contributed by atoms with van der Waals surface area (Å²) in [7, 11) is 0. The number of hydrogen-bond acceptors (Lipinski definition) is 5. The van der Waals surface area contributed by atoms with Gasteiger partial charge in [-0.15, -0.1) is 0 Å². The van der Waals surface area contributed by atoms with Gasteiger partial charge in [-0.05, 0) is 12.5 Å². The summed E-state index contributed by atoms with van der Waals surface area (Å²) in [5.74, 6) is 1.33. The topological polar surface area (TPSA) is 77.5 Å². The van der Waals surface area contributed by atoms with Gasteiger partial charge in [0, 0.05) is 31.0 Å². The molecule has 2 aromatic heterocycles. The predicted molar refractivity (Wildman–Crippen MR) is 66.2 cm³/mol. The average molecular weight is 245 g/mol. The Morgan fingerprint density at radius 2 is 2.39 bits per heavy atom. The Morgan fingerprint density at radius 3 is 3.33 bits per heavy atom. The molecule has 4 atom stereocenters. The molecule has 4 rings (SSSR count). The Balaban J connectivity index is 1.63. The summed E-state index contributed by atoms with van der Waals surface area (Å²) in [6, 6.07) is 2.25. The minimum Gasteiger partial charge on any atom is -0.376 e. The van der Waals surface area contributed by atoms with Crippen LogP contribution < -0.4 is 11.1 Å². The van der Waals surface area contributed by atoms with E-state index in [2.05, 4.69) is 15.4 Å². The summed E-state index contributed by atoms with van der Waals surface area (Å²) in [5.41, 5.74) is 7.15. The van der Waals surface area contributed by atoms with E-state index in [-0.39, 0.29) is 18.2 Å². The van der Waals surface area contributed by atoms with Crippen molar-refractivity contribution in [3.8, 4) is 0 Å². The first-order valence-corrected chi connectivity index (χ1v) is 6.27. The summed E-state index contributed by atoms with van der Waals surface area (Å²) in [5, 5.41) is 7.60. The van der Waals surface area contributed by atoms with Crippen LogP contribution in [0.4, 0.5) is 5.82 Å². The van der Waals surface area contributed by atoms with E-state index in [4.69, 9.17) is 10.5 Å². The molecule has 94 valence electrons. The molecule has 3 heterocycles. The lowest BCUT2D eigenvalue weighted by molar-refractivity contribution is 0.00528. The second-order valence-electron chi connectivity index (χ2n) is 4.97. The second kappa shape index (κ2) is 3.66. The highest BCUT2D eigenvalue weighted by Gasteiger charge is 2.52. The van der Waals surface area contributed by atoms with Crippen LogP contribution in [-0.2, 0) is 4.74 Å². The van der Waals surface area contributed by atoms with Crippen molar-refractivity contribution in [2.24, 2.45) is 11.7 Å². The average Bonchev–Trinajstić information content (AvgIpc) is 3.02. The minimum absolute atomic E-state index is 0.155. The van der Waals surface area contributed by atoms with Gasteiger partial charge in [-0.3, -0.25) is 0 Å². The first-order valence-electron chi connectivity index (χ1n) is 6.27. The van der Waals surface area contributed by atoms with E-state index >= 15 is 0 Å². The van der Waals surface area contributed by atoms with E-state index < -0.39 is 0 Å². The summed E-state index contributed by atoms with van der Waals surface area (Å²) in [6.45, 7) is 0.825. The Bertz CT molecular complexity index is 583. The van der Waals surface area contributed by atoms with E-state index in [1.54, 1.807) is 16.9 Å². The third kappa shape index (κ3) is 1.30. The highest BCUT2D eigenvalue weighted by atomic mass is 16.5. The fourth-order valence-corrected chi connectivity index (χ4v) is 3.05.